The van der Waals surface area contributed by atoms with Crippen LogP contribution in [0.15, 0.2) is 22.7 Å². The number of nitrogens with one attached hydrogen (secondary N) is 1. The molecule has 0 spiro atoms. The summed E-state index contributed by atoms with van der Waals surface area (Å²) in [6.07, 6.45) is -3.88. The molecule has 0 fully saturated rings. The molecule has 0 unspecified atom stereocenters. The first-order chi connectivity index (χ1) is 9.36. The van der Waals surface area contributed by atoms with E-state index in [9.17, 15) is 18.0 Å². The Morgan fingerprint density at radius 3 is 2.70 bits per heavy atom. The minimum absolute atomic E-state index is 0.0167. The van der Waals surface area contributed by atoms with Gasteiger partial charge in [-0.3, -0.25) is 4.79 Å². The zero-order valence-electron chi connectivity index (χ0n) is 10.9. The number of alkyl halides is 3. The number of amides is 1. The van der Waals surface area contributed by atoms with Crippen LogP contribution in [-0.2, 0) is 10.9 Å². The molecule has 0 saturated carbocycles. The highest BCUT2D eigenvalue weighted by molar-refractivity contribution is 9.10. The molecule has 0 atom stereocenters. The van der Waals surface area contributed by atoms with Crippen LogP contribution in [0, 0.1) is 0 Å². The Hall–Kier alpha value is -1.08. The van der Waals surface area contributed by atoms with E-state index in [0.717, 1.165) is 6.07 Å². The smallest absolute Gasteiger partial charge is 0.382 e. The summed E-state index contributed by atoms with van der Waals surface area (Å²) in [6, 6.07) is 3.40. The minimum atomic E-state index is -4.50. The van der Waals surface area contributed by atoms with Crippen LogP contribution in [0.4, 0.5) is 13.2 Å². The fourth-order valence-electron chi connectivity index (χ4n) is 1.51. The van der Waals surface area contributed by atoms with Gasteiger partial charge in [0.1, 0.15) is 0 Å². The minimum Gasteiger partial charge on any atom is -0.382 e. The summed E-state index contributed by atoms with van der Waals surface area (Å²) in [5, 5.41) is 2.55. The molecule has 0 aliphatic carbocycles. The molecular formula is C13H15BrF3NO2. The Bertz CT molecular complexity index is 463. The van der Waals surface area contributed by atoms with Gasteiger partial charge in [-0.15, -0.1) is 0 Å². The van der Waals surface area contributed by atoms with Crippen molar-refractivity contribution in [2.45, 2.75) is 19.5 Å². The molecule has 1 rings (SSSR count). The Kier molecular flexibility index (Phi) is 6.48. The van der Waals surface area contributed by atoms with Crippen molar-refractivity contribution in [2.24, 2.45) is 0 Å². The van der Waals surface area contributed by atoms with E-state index >= 15 is 0 Å². The number of halogens is 4. The van der Waals surface area contributed by atoms with E-state index in [2.05, 4.69) is 21.2 Å². The maximum absolute atomic E-state index is 12.7. The third kappa shape index (κ3) is 5.13. The number of rotatable bonds is 6. The lowest BCUT2D eigenvalue weighted by molar-refractivity contribution is -0.138. The Labute approximate surface area is 123 Å². The van der Waals surface area contributed by atoms with E-state index in [-0.39, 0.29) is 10.0 Å². The summed E-state index contributed by atoms with van der Waals surface area (Å²) in [5.74, 6) is -0.528. The van der Waals surface area contributed by atoms with Gasteiger partial charge in [-0.25, -0.2) is 0 Å². The van der Waals surface area contributed by atoms with Crippen LogP contribution in [-0.4, -0.2) is 25.7 Å². The normalized spacial score (nSPS) is 11.4. The number of ether oxygens (including phenoxy) is 1. The second kappa shape index (κ2) is 7.64. The van der Waals surface area contributed by atoms with E-state index in [1.807, 2.05) is 6.92 Å². The fourth-order valence-corrected chi connectivity index (χ4v) is 1.98. The van der Waals surface area contributed by atoms with E-state index in [1.165, 1.54) is 12.1 Å². The van der Waals surface area contributed by atoms with Crippen LogP contribution in [0.5, 0.6) is 0 Å². The highest BCUT2D eigenvalue weighted by atomic mass is 79.9. The maximum Gasteiger partial charge on any atom is 0.417 e. The molecule has 1 amide bonds. The monoisotopic (exact) mass is 353 g/mol. The van der Waals surface area contributed by atoms with Crippen molar-refractivity contribution in [1.82, 2.24) is 5.32 Å². The summed E-state index contributed by atoms with van der Waals surface area (Å²) in [7, 11) is 0. The Morgan fingerprint density at radius 1 is 1.40 bits per heavy atom. The van der Waals surface area contributed by atoms with Crippen LogP contribution >= 0.6 is 15.9 Å². The summed E-state index contributed by atoms with van der Waals surface area (Å²) < 4.78 is 43.1. The number of hydrogen-bond acceptors (Lipinski definition) is 2. The lowest BCUT2D eigenvalue weighted by Gasteiger charge is -2.11. The second-order valence-corrected chi connectivity index (χ2v) is 4.85. The zero-order valence-corrected chi connectivity index (χ0v) is 12.5. The quantitative estimate of drug-likeness (QED) is 0.793. The molecule has 0 aliphatic heterocycles. The van der Waals surface area contributed by atoms with E-state index in [0.29, 0.717) is 26.2 Å². The van der Waals surface area contributed by atoms with Gasteiger partial charge in [0.25, 0.3) is 5.91 Å². The average molecular weight is 354 g/mol. The molecule has 1 aromatic rings. The van der Waals surface area contributed by atoms with Crippen molar-refractivity contribution in [3.63, 3.8) is 0 Å². The van der Waals surface area contributed by atoms with Crippen molar-refractivity contribution in [3.05, 3.63) is 33.8 Å². The molecule has 0 bridgehead atoms. The molecule has 0 aliphatic rings. The number of carbonyl (C=O) groups is 1. The Morgan fingerprint density at radius 2 is 2.10 bits per heavy atom. The van der Waals surface area contributed by atoms with Crippen LogP contribution in [0.1, 0.15) is 29.3 Å². The van der Waals surface area contributed by atoms with E-state index < -0.39 is 17.6 Å². The topological polar surface area (TPSA) is 38.3 Å². The predicted octanol–water partition coefficient (Wildman–Crippen LogP) is 3.62. The number of carbonyl (C=O) groups excluding carboxylic acids is 1. The summed E-state index contributed by atoms with van der Waals surface area (Å²) >= 11 is 2.83. The van der Waals surface area contributed by atoms with Gasteiger partial charge in [-0.2, -0.15) is 13.2 Å². The first kappa shape index (κ1) is 17.0. The fraction of sp³-hybridized carbons (Fsp3) is 0.462. The first-order valence-electron chi connectivity index (χ1n) is 6.09. The van der Waals surface area contributed by atoms with Gasteiger partial charge in [-0.05, 0) is 31.5 Å². The van der Waals surface area contributed by atoms with Gasteiger partial charge in [0.05, 0.1) is 5.56 Å². The largest absolute Gasteiger partial charge is 0.417 e. The Balaban J connectivity index is 2.65. The molecule has 0 radical (unpaired) electrons. The molecule has 1 N–H and O–H groups in total. The molecule has 1 aromatic carbocycles. The standard InChI is InChI=1S/C13H15BrF3NO2/c1-2-20-7-3-6-18-12(19)9-4-5-11(14)10(8-9)13(15,16)17/h4-5,8H,2-3,6-7H2,1H3,(H,18,19). The zero-order chi connectivity index (χ0) is 15.2. The predicted molar refractivity (Wildman–Crippen MR) is 72.6 cm³/mol. The SMILES string of the molecule is CCOCCCNC(=O)c1ccc(Br)c(C(F)(F)F)c1. The van der Waals surface area contributed by atoms with Crippen molar-refractivity contribution in [2.75, 3.05) is 19.8 Å². The first-order valence-corrected chi connectivity index (χ1v) is 6.88. The summed E-state index contributed by atoms with van der Waals surface area (Å²) in [5.41, 5.74) is -0.878. The van der Waals surface area contributed by atoms with Crippen LogP contribution in [0.2, 0.25) is 0 Å². The van der Waals surface area contributed by atoms with E-state index in [4.69, 9.17) is 4.74 Å². The maximum atomic E-state index is 12.7. The molecule has 7 heteroatoms. The van der Waals surface area contributed by atoms with Crippen LogP contribution < -0.4 is 5.32 Å². The van der Waals surface area contributed by atoms with Gasteiger partial charge in [0.15, 0.2) is 0 Å². The summed E-state index contributed by atoms with van der Waals surface area (Å²) in [6.45, 7) is 3.32. The highest BCUT2D eigenvalue weighted by Gasteiger charge is 2.33. The average Bonchev–Trinajstić information content (AvgIpc) is 2.37. The third-order valence-electron chi connectivity index (χ3n) is 2.49. The highest BCUT2D eigenvalue weighted by Crippen LogP contribution is 2.35. The van der Waals surface area contributed by atoms with Crippen molar-refractivity contribution in [1.29, 1.82) is 0 Å². The molecule has 3 nitrogen and oxygen atoms in total. The van der Waals surface area contributed by atoms with Gasteiger partial charge in [0, 0.05) is 29.8 Å². The van der Waals surface area contributed by atoms with Crippen molar-refractivity contribution < 1.29 is 22.7 Å². The number of benzene rings is 1. The molecule has 0 heterocycles. The summed E-state index contributed by atoms with van der Waals surface area (Å²) in [4.78, 5) is 11.7. The lowest BCUT2D eigenvalue weighted by Crippen LogP contribution is -2.25. The van der Waals surface area contributed by atoms with Crippen LogP contribution in [0.3, 0.4) is 0 Å². The van der Waals surface area contributed by atoms with Gasteiger partial charge >= 0.3 is 6.18 Å². The molecule has 0 aromatic heterocycles. The van der Waals surface area contributed by atoms with Gasteiger partial charge in [0.2, 0.25) is 0 Å². The third-order valence-corrected chi connectivity index (χ3v) is 3.18. The number of hydrogen-bond donors (Lipinski definition) is 1. The van der Waals surface area contributed by atoms with Crippen molar-refractivity contribution in [3.8, 4) is 0 Å². The molecular weight excluding hydrogens is 339 g/mol. The van der Waals surface area contributed by atoms with Gasteiger partial charge in [-0.1, -0.05) is 15.9 Å². The second-order valence-electron chi connectivity index (χ2n) is 4.00. The molecule has 0 saturated heterocycles. The molecule has 20 heavy (non-hydrogen) atoms. The van der Waals surface area contributed by atoms with E-state index in [1.54, 1.807) is 0 Å². The van der Waals surface area contributed by atoms with Gasteiger partial charge < -0.3 is 10.1 Å². The van der Waals surface area contributed by atoms with Crippen molar-refractivity contribution >= 4 is 21.8 Å². The lowest BCUT2D eigenvalue weighted by atomic mass is 10.1. The van der Waals surface area contributed by atoms with Crippen LogP contribution in [0.25, 0.3) is 0 Å². The molecule has 112 valence electrons.